The Hall–Kier alpha value is -0.730. The molecule has 0 aliphatic heterocycles. The first-order valence-electron chi connectivity index (χ1n) is 6.53. The van der Waals surface area contributed by atoms with Gasteiger partial charge in [0.05, 0.1) is 5.38 Å². The number of hydrogen-bond acceptors (Lipinski definition) is 2. The van der Waals surface area contributed by atoms with Crippen LogP contribution in [0.15, 0.2) is 12.1 Å². The molecule has 2 nitrogen and oxygen atoms in total. The molecule has 18 heavy (non-hydrogen) atoms. The quantitative estimate of drug-likeness (QED) is 0.774. The van der Waals surface area contributed by atoms with Gasteiger partial charge >= 0.3 is 0 Å². The molecule has 1 aromatic rings. The van der Waals surface area contributed by atoms with Gasteiger partial charge in [-0.15, -0.1) is 11.6 Å². The lowest BCUT2D eigenvalue weighted by molar-refractivity contribution is -0.0763. The molecule has 2 rings (SSSR count). The number of rotatable bonds is 4. The fraction of sp³-hybridized carbons (Fsp3) is 0.600. The summed E-state index contributed by atoms with van der Waals surface area (Å²) in [6, 6.07) is 4.30. The molecular weight excluding hydrogens is 248 g/mol. The third-order valence-electron chi connectivity index (χ3n) is 3.41. The average Bonchev–Trinajstić information content (AvgIpc) is 2.29. The normalized spacial score (nSPS) is 26.8. The minimum Gasteiger partial charge on any atom is -0.487 e. The molecule has 0 N–H and O–H groups in total. The Morgan fingerprint density at radius 1 is 1.22 bits per heavy atom. The summed E-state index contributed by atoms with van der Waals surface area (Å²) >= 11 is 6.15. The van der Waals surface area contributed by atoms with Crippen molar-refractivity contribution in [1.29, 1.82) is 0 Å². The molecule has 100 valence electrons. The molecule has 0 saturated heterocycles. The van der Waals surface area contributed by atoms with E-state index in [1.54, 1.807) is 0 Å². The highest BCUT2D eigenvalue weighted by atomic mass is 35.5. The van der Waals surface area contributed by atoms with Crippen LogP contribution in [0.3, 0.4) is 0 Å². The monoisotopic (exact) mass is 268 g/mol. The van der Waals surface area contributed by atoms with Crippen LogP contribution in [0.2, 0.25) is 0 Å². The molecule has 1 fully saturated rings. The lowest BCUT2D eigenvalue weighted by Gasteiger charge is -2.41. The standard InChI is InChI=1S/C15H21ClO2/c1-5-17-15-12(16)8-13(15)18-14-10(3)6-9(2)7-11(14)4/h6-7,12-13,15H,5,8H2,1-4H3. The van der Waals surface area contributed by atoms with Gasteiger partial charge in [-0.25, -0.2) is 0 Å². The van der Waals surface area contributed by atoms with Crippen molar-refractivity contribution in [3.05, 3.63) is 28.8 Å². The Morgan fingerprint density at radius 3 is 2.33 bits per heavy atom. The largest absolute Gasteiger partial charge is 0.487 e. The van der Waals surface area contributed by atoms with E-state index < -0.39 is 0 Å². The maximum atomic E-state index is 6.15. The molecule has 0 spiro atoms. The summed E-state index contributed by atoms with van der Waals surface area (Å²) in [5.74, 6) is 0.985. The first kappa shape index (κ1) is 13.7. The highest BCUT2D eigenvalue weighted by molar-refractivity contribution is 6.21. The SMILES string of the molecule is CCOC1C(Cl)CC1Oc1c(C)cc(C)cc1C. The van der Waals surface area contributed by atoms with E-state index in [-0.39, 0.29) is 17.6 Å². The minimum absolute atomic E-state index is 0.0248. The lowest BCUT2D eigenvalue weighted by atomic mass is 9.90. The van der Waals surface area contributed by atoms with Gasteiger partial charge in [0.25, 0.3) is 0 Å². The zero-order chi connectivity index (χ0) is 13.3. The van der Waals surface area contributed by atoms with Crippen LogP contribution in [0, 0.1) is 20.8 Å². The number of benzene rings is 1. The van der Waals surface area contributed by atoms with Crippen LogP contribution in [0.5, 0.6) is 5.75 Å². The van der Waals surface area contributed by atoms with Crippen molar-refractivity contribution in [2.75, 3.05) is 6.61 Å². The van der Waals surface area contributed by atoms with Gasteiger partial charge in [-0.05, 0) is 38.8 Å². The Bertz CT molecular complexity index is 407. The molecule has 0 aromatic heterocycles. The summed E-state index contributed by atoms with van der Waals surface area (Å²) in [7, 11) is 0. The smallest absolute Gasteiger partial charge is 0.128 e. The van der Waals surface area contributed by atoms with Crippen LogP contribution >= 0.6 is 11.6 Å². The molecule has 3 heteroatoms. The van der Waals surface area contributed by atoms with Gasteiger partial charge in [-0.1, -0.05) is 17.7 Å². The van der Waals surface area contributed by atoms with Crippen molar-refractivity contribution in [3.63, 3.8) is 0 Å². The fourth-order valence-electron chi connectivity index (χ4n) is 2.55. The second-order valence-electron chi connectivity index (χ2n) is 5.06. The zero-order valence-corrected chi connectivity index (χ0v) is 12.3. The van der Waals surface area contributed by atoms with Crippen LogP contribution in [0.4, 0.5) is 0 Å². The third kappa shape index (κ3) is 2.65. The third-order valence-corrected chi connectivity index (χ3v) is 3.84. The molecule has 1 aliphatic carbocycles. The molecule has 0 radical (unpaired) electrons. The summed E-state index contributed by atoms with van der Waals surface area (Å²) in [5.41, 5.74) is 3.63. The molecule has 3 atom stereocenters. The van der Waals surface area contributed by atoms with Crippen LogP contribution in [0.1, 0.15) is 30.0 Å². The van der Waals surface area contributed by atoms with Crippen molar-refractivity contribution in [2.45, 2.75) is 51.7 Å². The molecule has 0 amide bonds. The van der Waals surface area contributed by atoms with Crippen molar-refractivity contribution in [1.82, 2.24) is 0 Å². The summed E-state index contributed by atoms with van der Waals surface area (Å²) in [6.07, 6.45) is 0.975. The van der Waals surface area contributed by atoms with Gasteiger partial charge in [0.2, 0.25) is 0 Å². The molecule has 0 bridgehead atoms. The van der Waals surface area contributed by atoms with E-state index in [0.717, 1.165) is 12.2 Å². The van der Waals surface area contributed by atoms with E-state index in [1.807, 2.05) is 6.92 Å². The highest BCUT2D eigenvalue weighted by Crippen LogP contribution is 2.35. The van der Waals surface area contributed by atoms with Crippen molar-refractivity contribution in [3.8, 4) is 5.75 Å². The van der Waals surface area contributed by atoms with Gasteiger partial charge < -0.3 is 9.47 Å². The second kappa shape index (κ2) is 5.50. The number of halogens is 1. The fourth-order valence-corrected chi connectivity index (χ4v) is 2.96. The molecule has 1 aliphatic rings. The van der Waals surface area contributed by atoms with E-state index in [1.165, 1.54) is 16.7 Å². The Balaban J connectivity index is 2.10. The average molecular weight is 269 g/mol. The predicted octanol–water partition coefficient (Wildman–Crippen LogP) is 3.78. The molecule has 3 unspecified atom stereocenters. The van der Waals surface area contributed by atoms with Crippen molar-refractivity contribution >= 4 is 11.6 Å². The number of alkyl halides is 1. The number of ether oxygens (including phenoxy) is 2. The summed E-state index contributed by atoms with van der Waals surface area (Å²) in [5, 5.41) is 0.0843. The Labute approximate surface area is 114 Å². The van der Waals surface area contributed by atoms with Gasteiger partial charge in [-0.2, -0.15) is 0 Å². The zero-order valence-electron chi connectivity index (χ0n) is 11.5. The van der Waals surface area contributed by atoms with E-state index >= 15 is 0 Å². The Morgan fingerprint density at radius 2 is 1.83 bits per heavy atom. The first-order valence-corrected chi connectivity index (χ1v) is 6.96. The van der Waals surface area contributed by atoms with Crippen molar-refractivity contribution in [2.24, 2.45) is 0 Å². The maximum Gasteiger partial charge on any atom is 0.128 e. The van der Waals surface area contributed by atoms with E-state index in [2.05, 4.69) is 32.9 Å². The maximum absolute atomic E-state index is 6.15. The van der Waals surface area contributed by atoms with Crippen LogP contribution in [-0.4, -0.2) is 24.2 Å². The molecule has 0 heterocycles. The lowest BCUT2D eigenvalue weighted by Crippen LogP contribution is -2.52. The first-order chi connectivity index (χ1) is 8.52. The molecular formula is C15H21ClO2. The van der Waals surface area contributed by atoms with E-state index in [4.69, 9.17) is 21.1 Å². The van der Waals surface area contributed by atoms with Crippen LogP contribution < -0.4 is 4.74 Å². The number of hydrogen-bond donors (Lipinski definition) is 0. The van der Waals surface area contributed by atoms with E-state index in [9.17, 15) is 0 Å². The van der Waals surface area contributed by atoms with Crippen molar-refractivity contribution < 1.29 is 9.47 Å². The predicted molar refractivity (Wildman–Crippen MR) is 74.7 cm³/mol. The molecule has 1 saturated carbocycles. The molecule has 1 aromatic carbocycles. The second-order valence-corrected chi connectivity index (χ2v) is 5.62. The Kier molecular flexibility index (Phi) is 4.18. The van der Waals surface area contributed by atoms with Crippen LogP contribution in [0.25, 0.3) is 0 Å². The summed E-state index contributed by atoms with van der Waals surface area (Å²) < 4.78 is 11.7. The topological polar surface area (TPSA) is 18.5 Å². The summed E-state index contributed by atoms with van der Waals surface area (Å²) in [6.45, 7) is 8.94. The van der Waals surface area contributed by atoms with E-state index in [0.29, 0.717) is 6.61 Å². The van der Waals surface area contributed by atoms with Gasteiger partial charge in [0.15, 0.2) is 0 Å². The van der Waals surface area contributed by atoms with Gasteiger partial charge in [0, 0.05) is 13.0 Å². The number of aryl methyl sites for hydroxylation is 3. The van der Waals surface area contributed by atoms with Gasteiger partial charge in [0.1, 0.15) is 18.0 Å². The highest BCUT2D eigenvalue weighted by Gasteiger charge is 2.42. The van der Waals surface area contributed by atoms with Gasteiger partial charge in [-0.3, -0.25) is 0 Å². The summed E-state index contributed by atoms with van der Waals surface area (Å²) in [4.78, 5) is 0. The van der Waals surface area contributed by atoms with Crippen LogP contribution in [-0.2, 0) is 4.74 Å². The minimum atomic E-state index is 0.0248.